The summed E-state index contributed by atoms with van der Waals surface area (Å²) in [4.78, 5) is 24.7. The second kappa shape index (κ2) is 4.24. The largest absolute Gasteiger partial charge is 0.458 e. The Kier molecular flexibility index (Phi) is 2.98. The summed E-state index contributed by atoms with van der Waals surface area (Å²) in [5.74, 6) is 1.40. The molecule has 1 atom stereocenters. The summed E-state index contributed by atoms with van der Waals surface area (Å²) >= 11 is 0. The highest BCUT2D eigenvalue weighted by atomic mass is 16.6. The van der Waals surface area contributed by atoms with Gasteiger partial charge in [-0.05, 0) is 26.3 Å². The summed E-state index contributed by atoms with van der Waals surface area (Å²) in [7, 11) is 0. The Morgan fingerprint density at radius 3 is 2.53 bits per heavy atom. The summed E-state index contributed by atoms with van der Waals surface area (Å²) < 4.78 is 5.32. The van der Waals surface area contributed by atoms with Gasteiger partial charge in [0, 0.05) is 12.0 Å². The summed E-state index contributed by atoms with van der Waals surface area (Å²) in [6.45, 7) is 5.26. The van der Waals surface area contributed by atoms with Crippen LogP contribution in [0.1, 0.15) is 36.7 Å². The third-order valence-corrected chi connectivity index (χ3v) is 3.10. The molecular formula is C16H16O3. The molecule has 0 heterocycles. The van der Waals surface area contributed by atoms with E-state index in [0.717, 1.165) is 5.56 Å². The van der Waals surface area contributed by atoms with E-state index in [-0.39, 0.29) is 12.2 Å². The van der Waals surface area contributed by atoms with Crippen molar-refractivity contribution in [3.63, 3.8) is 0 Å². The fourth-order valence-electron chi connectivity index (χ4n) is 2.20. The van der Waals surface area contributed by atoms with Crippen molar-refractivity contribution in [3.8, 4) is 12.3 Å². The first-order valence-electron chi connectivity index (χ1n) is 6.14. The van der Waals surface area contributed by atoms with Gasteiger partial charge in [0.1, 0.15) is 5.60 Å². The maximum atomic E-state index is 12.4. The monoisotopic (exact) mass is 256 g/mol. The molecule has 0 radical (unpaired) electrons. The number of esters is 1. The van der Waals surface area contributed by atoms with Crippen LogP contribution in [0.4, 0.5) is 0 Å². The van der Waals surface area contributed by atoms with Gasteiger partial charge in [-0.2, -0.15) is 0 Å². The van der Waals surface area contributed by atoms with Gasteiger partial charge in [0.15, 0.2) is 11.2 Å². The third kappa shape index (κ3) is 2.15. The minimum Gasteiger partial charge on any atom is -0.458 e. The van der Waals surface area contributed by atoms with Gasteiger partial charge in [0.2, 0.25) is 0 Å². The lowest BCUT2D eigenvalue weighted by molar-refractivity contribution is -0.161. The molecule has 1 aromatic carbocycles. The molecule has 0 spiro atoms. The number of hydrogen-bond acceptors (Lipinski definition) is 3. The number of ketones is 1. The number of carbonyl (C=O) groups excluding carboxylic acids is 2. The molecule has 1 aromatic rings. The lowest BCUT2D eigenvalue weighted by Crippen LogP contribution is -2.41. The molecule has 98 valence electrons. The molecule has 0 saturated heterocycles. The molecule has 1 aliphatic carbocycles. The Labute approximate surface area is 113 Å². The van der Waals surface area contributed by atoms with Gasteiger partial charge in [0.05, 0.1) is 0 Å². The first-order valence-corrected chi connectivity index (χ1v) is 6.14. The van der Waals surface area contributed by atoms with Crippen LogP contribution in [0.25, 0.3) is 0 Å². The van der Waals surface area contributed by atoms with Crippen molar-refractivity contribution in [1.29, 1.82) is 0 Å². The van der Waals surface area contributed by atoms with E-state index in [2.05, 4.69) is 5.92 Å². The quantitative estimate of drug-likeness (QED) is 0.440. The van der Waals surface area contributed by atoms with Crippen molar-refractivity contribution in [2.24, 2.45) is 5.41 Å². The minimum absolute atomic E-state index is 0.216. The summed E-state index contributed by atoms with van der Waals surface area (Å²) in [6.07, 6.45) is 5.70. The molecule has 3 nitrogen and oxygen atoms in total. The van der Waals surface area contributed by atoms with Gasteiger partial charge >= 0.3 is 5.97 Å². The fraction of sp³-hybridized carbons (Fsp3) is 0.375. The van der Waals surface area contributed by atoms with Crippen LogP contribution in [0.3, 0.4) is 0 Å². The predicted molar refractivity (Wildman–Crippen MR) is 71.6 cm³/mol. The van der Waals surface area contributed by atoms with Crippen molar-refractivity contribution in [3.05, 3.63) is 35.4 Å². The zero-order valence-corrected chi connectivity index (χ0v) is 11.3. The molecule has 0 amide bonds. The first kappa shape index (κ1) is 13.4. The molecule has 0 bridgehead atoms. The molecule has 0 N–H and O–H groups in total. The van der Waals surface area contributed by atoms with E-state index in [9.17, 15) is 9.59 Å². The number of fused-ring (bicyclic) bond motifs is 1. The normalized spacial score (nSPS) is 21.7. The molecule has 0 aromatic heterocycles. The maximum absolute atomic E-state index is 12.4. The van der Waals surface area contributed by atoms with E-state index < -0.39 is 17.0 Å². The molecule has 1 unspecified atom stereocenters. The lowest BCUT2D eigenvalue weighted by Gasteiger charge is -2.26. The Morgan fingerprint density at radius 2 is 2.00 bits per heavy atom. The van der Waals surface area contributed by atoms with Gasteiger partial charge in [-0.25, -0.2) is 4.79 Å². The Bertz CT molecular complexity index is 587. The lowest BCUT2D eigenvalue weighted by atomic mass is 9.84. The highest BCUT2D eigenvalue weighted by Crippen LogP contribution is 2.38. The van der Waals surface area contributed by atoms with Crippen LogP contribution >= 0.6 is 0 Å². The second-order valence-corrected chi connectivity index (χ2v) is 5.71. The number of rotatable bonds is 1. The average molecular weight is 256 g/mol. The van der Waals surface area contributed by atoms with E-state index in [1.165, 1.54) is 0 Å². The Morgan fingerprint density at radius 1 is 1.37 bits per heavy atom. The van der Waals surface area contributed by atoms with Crippen molar-refractivity contribution >= 4 is 11.8 Å². The minimum atomic E-state index is -1.50. The zero-order chi connectivity index (χ0) is 14.3. The van der Waals surface area contributed by atoms with Crippen LogP contribution in [0.15, 0.2) is 24.3 Å². The number of benzene rings is 1. The Balaban J connectivity index is 2.41. The van der Waals surface area contributed by atoms with E-state index in [4.69, 9.17) is 11.2 Å². The third-order valence-electron chi connectivity index (χ3n) is 3.10. The topological polar surface area (TPSA) is 43.4 Å². The molecule has 0 saturated carbocycles. The molecule has 0 fully saturated rings. The SMILES string of the molecule is C#CC1(C(=O)OC(C)(C)C)Cc2ccccc2C1=O. The van der Waals surface area contributed by atoms with E-state index >= 15 is 0 Å². The number of terminal acetylenes is 1. The van der Waals surface area contributed by atoms with Gasteiger partial charge in [-0.3, -0.25) is 4.79 Å². The molecule has 19 heavy (non-hydrogen) atoms. The second-order valence-electron chi connectivity index (χ2n) is 5.71. The van der Waals surface area contributed by atoms with Gasteiger partial charge in [-0.1, -0.05) is 30.2 Å². The van der Waals surface area contributed by atoms with Crippen LogP contribution in [0, 0.1) is 17.8 Å². The van der Waals surface area contributed by atoms with Crippen LogP contribution in [0.5, 0.6) is 0 Å². The number of carbonyl (C=O) groups is 2. The Hall–Kier alpha value is -2.08. The van der Waals surface area contributed by atoms with Crippen molar-refractivity contribution in [2.75, 3.05) is 0 Å². The van der Waals surface area contributed by atoms with Crippen LogP contribution < -0.4 is 0 Å². The van der Waals surface area contributed by atoms with Crippen molar-refractivity contribution in [2.45, 2.75) is 32.8 Å². The van der Waals surface area contributed by atoms with Gasteiger partial charge < -0.3 is 4.74 Å². The predicted octanol–water partition coefficient (Wildman–Crippen LogP) is 2.39. The van der Waals surface area contributed by atoms with Crippen LogP contribution in [-0.4, -0.2) is 17.4 Å². The van der Waals surface area contributed by atoms with Crippen molar-refractivity contribution in [1.82, 2.24) is 0 Å². The number of Topliss-reactive ketones (excluding diaryl/α,β-unsaturated/α-hetero) is 1. The van der Waals surface area contributed by atoms with E-state index in [1.807, 2.05) is 12.1 Å². The van der Waals surface area contributed by atoms with Crippen LogP contribution in [-0.2, 0) is 16.0 Å². The van der Waals surface area contributed by atoms with Gasteiger partial charge in [0.25, 0.3) is 0 Å². The highest BCUT2D eigenvalue weighted by Gasteiger charge is 2.52. The molecular weight excluding hydrogens is 240 g/mol. The van der Waals surface area contributed by atoms with E-state index in [1.54, 1.807) is 32.9 Å². The first-order chi connectivity index (χ1) is 8.80. The van der Waals surface area contributed by atoms with Crippen LogP contribution in [0.2, 0.25) is 0 Å². The number of ether oxygens (including phenoxy) is 1. The molecule has 0 aliphatic heterocycles. The van der Waals surface area contributed by atoms with E-state index in [0.29, 0.717) is 5.56 Å². The number of hydrogen-bond donors (Lipinski definition) is 0. The zero-order valence-electron chi connectivity index (χ0n) is 11.3. The summed E-state index contributed by atoms with van der Waals surface area (Å²) in [5.41, 5.74) is -0.852. The van der Waals surface area contributed by atoms with Gasteiger partial charge in [-0.15, -0.1) is 6.42 Å². The standard InChI is InChI=1S/C16H16O3/c1-5-16(14(18)19-15(2,3)4)10-11-8-6-7-9-12(11)13(16)17/h1,6-9H,10H2,2-4H3. The fourth-order valence-corrected chi connectivity index (χ4v) is 2.20. The average Bonchev–Trinajstić information content (AvgIpc) is 2.62. The molecule has 3 heteroatoms. The maximum Gasteiger partial charge on any atom is 0.333 e. The highest BCUT2D eigenvalue weighted by molar-refractivity contribution is 6.18. The molecule has 1 aliphatic rings. The smallest absolute Gasteiger partial charge is 0.333 e. The summed E-state index contributed by atoms with van der Waals surface area (Å²) in [6, 6.07) is 7.10. The summed E-state index contributed by atoms with van der Waals surface area (Å²) in [5, 5.41) is 0. The molecule has 2 rings (SSSR count). The van der Waals surface area contributed by atoms with Crippen molar-refractivity contribution < 1.29 is 14.3 Å².